The summed E-state index contributed by atoms with van der Waals surface area (Å²) in [5.74, 6) is 0.577. The molecule has 0 aliphatic carbocycles. The third kappa shape index (κ3) is 4.83. The standard InChI is InChI=1S/C17H18F3IO5S/c1-9-12-8-26-16(23)13(12)15(25-5-6-27-21)11(14(9)24-2)4-3-10(7-22)17(18,19)20/h3,22H,4-8H2,1-2H3/b10-3-. The van der Waals surface area contributed by atoms with Crippen LogP contribution in [0, 0.1) is 6.92 Å². The van der Waals surface area contributed by atoms with E-state index < -0.39 is 24.3 Å². The van der Waals surface area contributed by atoms with Crippen molar-refractivity contribution in [2.75, 3.05) is 26.1 Å². The number of carbonyl (C=O) groups is 1. The Balaban J connectivity index is 2.59. The third-order valence-corrected chi connectivity index (χ3v) is 5.76. The molecule has 1 aromatic rings. The zero-order chi connectivity index (χ0) is 20.2. The van der Waals surface area contributed by atoms with Gasteiger partial charge in [-0.05, 0) is 40.1 Å². The number of halogens is 4. The molecular weight excluding hydrogens is 500 g/mol. The molecule has 0 unspecified atom stereocenters. The van der Waals surface area contributed by atoms with E-state index in [9.17, 15) is 18.0 Å². The van der Waals surface area contributed by atoms with Gasteiger partial charge < -0.3 is 19.3 Å². The molecule has 1 aliphatic rings. The molecule has 0 spiro atoms. The van der Waals surface area contributed by atoms with Crippen LogP contribution < -0.4 is 9.47 Å². The summed E-state index contributed by atoms with van der Waals surface area (Å²) in [5, 5.41) is 9.03. The largest absolute Gasteiger partial charge is 0.496 e. The molecule has 0 saturated carbocycles. The molecule has 1 aliphatic heterocycles. The van der Waals surface area contributed by atoms with Crippen molar-refractivity contribution in [3.63, 3.8) is 0 Å². The zero-order valence-electron chi connectivity index (χ0n) is 14.6. The molecule has 1 N–H and O–H groups in total. The molecule has 1 aromatic carbocycles. The van der Waals surface area contributed by atoms with Gasteiger partial charge in [0.15, 0.2) is 0 Å². The summed E-state index contributed by atoms with van der Waals surface area (Å²) in [6.45, 7) is 0.907. The number of alkyl halides is 3. The number of aliphatic hydroxyl groups is 1. The number of methoxy groups -OCH3 is 1. The SMILES string of the molecule is COc1c(C)c2c(c(OCCSI)c1C/C=C(/CO)C(F)(F)F)C(=O)OC2. The number of cyclic esters (lactones) is 1. The molecular formula is C17H18F3IO5S. The van der Waals surface area contributed by atoms with Gasteiger partial charge in [-0.3, -0.25) is 0 Å². The molecule has 1 heterocycles. The lowest BCUT2D eigenvalue weighted by Crippen LogP contribution is -2.16. The van der Waals surface area contributed by atoms with E-state index in [4.69, 9.17) is 19.3 Å². The van der Waals surface area contributed by atoms with Gasteiger partial charge >= 0.3 is 12.1 Å². The predicted molar refractivity (Wildman–Crippen MR) is 104 cm³/mol. The first-order chi connectivity index (χ1) is 12.8. The zero-order valence-corrected chi connectivity index (χ0v) is 17.6. The maximum Gasteiger partial charge on any atom is 0.414 e. The van der Waals surface area contributed by atoms with Crippen molar-refractivity contribution in [3.05, 3.63) is 33.9 Å². The minimum Gasteiger partial charge on any atom is -0.496 e. The average Bonchev–Trinajstić information content (AvgIpc) is 2.99. The van der Waals surface area contributed by atoms with Crippen molar-refractivity contribution in [3.8, 4) is 11.5 Å². The number of hydrogen-bond donors (Lipinski definition) is 1. The maximum absolute atomic E-state index is 12.9. The maximum atomic E-state index is 12.9. The Bertz CT molecular complexity index is 749. The highest BCUT2D eigenvalue weighted by molar-refractivity contribution is 14.2. The first-order valence-corrected chi connectivity index (χ1v) is 11.4. The first-order valence-electron chi connectivity index (χ1n) is 7.89. The molecule has 0 aromatic heterocycles. The van der Waals surface area contributed by atoms with E-state index in [0.29, 0.717) is 28.2 Å². The second kappa shape index (κ2) is 9.37. The minimum atomic E-state index is -4.65. The molecule has 0 atom stereocenters. The first kappa shape index (κ1) is 22.2. The van der Waals surface area contributed by atoms with Crippen LogP contribution in [0.2, 0.25) is 0 Å². The summed E-state index contributed by atoms with van der Waals surface area (Å²) < 4.78 is 55.1. The molecule has 0 saturated heterocycles. The van der Waals surface area contributed by atoms with Crippen LogP contribution in [0.3, 0.4) is 0 Å². The Labute approximate surface area is 170 Å². The number of rotatable bonds is 8. The normalized spacial score (nSPS) is 14.2. The summed E-state index contributed by atoms with van der Waals surface area (Å²) in [6.07, 6.45) is -3.98. The summed E-state index contributed by atoms with van der Waals surface area (Å²) in [7, 11) is 2.91. The fourth-order valence-corrected chi connectivity index (χ4v) is 3.53. The van der Waals surface area contributed by atoms with E-state index in [1.807, 2.05) is 0 Å². The van der Waals surface area contributed by atoms with Gasteiger partial charge in [0.25, 0.3) is 0 Å². The molecule has 5 nitrogen and oxygen atoms in total. The Hall–Kier alpha value is -1.14. The van der Waals surface area contributed by atoms with E-state index >= 15 is 0 Å². The van der Waals surface area contributed by atoms with E-state index in [1.165, 1.54) is 16.0 Å². The van der Waals surface area contributed by atoms with Crippen molar-refractivity contribution >= 4 is 36.1 Å². The van der Waals surface area contributed by atoms with Crippen LogP contribution >= 0.6 is 30.1 Å². The smallest absolute Gasteiger partial charge is 0.414 e. The summed E-state index contributed by atoms with van der Waals surface area (Å²) >= 11 is 2.10. The van der Waals surface area contributed by atoms with Gasteiger partial charge in [-0.25, -0.2) is 4.79 Å². The van der Waals surface area contributed by atoms with Crippen LogP contribution in [0.25, 0.3) is 0 Å². The van der Waals surface area contributed by atoms with Crippen LogP contribution in [-0.4, -0.2) is 43.3 Å². The fourth-order valence-electron chi connectivity index (χ4n) is 2.84. The summed E-state index contributed by atoms with van der Waals surface area (Å²) in [6, 6.07) is 0. The second-order valence-electron chi connectivity index (χ2n) is 5.65. The van der Waals surface area contributed by atoms with E-state index in [1.54, 1.807) is 6.92 Å². The van der Waals surface area contributed by atoms with Gasteiger partial charge in [0.2, 0.25) is 0 Å². The molecule has 2 rings (SSSR count). The molecule has 0 amide bonds. The van der Waals surface area contributed by atoms with Crippen molar-refractivity contribution in [2.24, 2.45) is 0 Å². The highest BCUT2D eigenvalue weighted by atomic mass is 127. The Morgan fingerprint density at radius 1 is 1.41 bits per heavy atom. The molecule has 27 heavy (non-hydrogen) atoms. The lowest BCUT2D eigenvalue weighted by molar-refractivity contribution is -0.0977. The number of benzene rings is 1. The Morgan fingerprint density at radius 3 is 2.67 bits per heavy atom. The fraction of sp³-hybridized carbons (Fsp3) is 0.471. The number of allylic oxidation sites excluding steroid dienone is 1. The van der Waals surface area contributed by atoms with E-state index in [-0.39, 0.29) is 30.9 Å². The van der Waals surface area contributed by atoms with Gasteiger partial charge in [0, 0.05) is 16.9 Å². The highest BCUT2D eigenvalue weighted by Crippen LogP contribution is 2.43. The van der Waals surface area contributed by atoms with Crippen LogP contribution in [0.5, 0.6) is 11.5 Å². The Morgan fingerprint density at radius 2 is 2.11 bits per heavy atom. The van der Waals surface area contributed by atoms with Crippen LogP contribution in [-0.2, 0) is 17.8 Å². The quantitative estimate of drug-likeness (QED) is 0.242. The second-order valence-corrected chi connectivity index (χ2v) is 8.14. The number of aliphatic hydroxyl groups excluding tert-OH is 1. The van der Waals surface area contributed by atoms with Crippen molar-refractivity contribution in [1.29, 1.82) is 0 Å². The molecule has 0 bridgehead atoms. The predicted octanol–water partition coefficient (Wildman–Crippen LogP) is 4.16. The monoisotopic (exact) mass is 518 g/mol. The lowest BCUT2D eigenvalue weighted by Gasteiger charge is -2.19. The van der Waals surface area contributed by atoms with Crippen molar-refractivity contribution < 1.29 is 37.3 Å². The highest BCUT2D eigenvalue weighted by Gasteiger charge is 2.35. The molecule has 0 radical (unpaired) electrons. The van der Waals surface area contributed by atoms with Gasteiger partial charge in [0.05, 0.1) is 25.9 Å². The summed E-state index contributed by atoms with van der Waals surface area (Å²) in [5.41, 5.74) is 0.711. The van der Waals surface area contributed by atoms with E-state index in [0.717, 1.165) is 6.08 Å². The number of fused-ring (bicyclic) bond motifs is 1. The topological polar surface area (TPSA) is 65.0 Å². The number of hydrogen-bond acceptors (Lipinski definition) is 6. The van der Waals surface area contributed by atoms with Gasteiger partial charge in [-0.1, -0.05) is 15.0 Å². The average molecular weight is 518 g/mol. The van der Waals surface area contributed by atoms with Gasteiger partial charge in [0.1, 0.15) is 23.7 Å². The van der Waals surface area contributed by atoms with Crippen LogP contribution in [0.15, 0.2) is 11.6 Å². The Kier molecular flexibility index (Phi) is 7.69. The van der Waals surface area contributed by atoms with E-state index in [2.05, 4.69) is 21.2 Å². The molecule has 150 valence electrons. The summed E-state index contributed by atoms with van der Waals surface area (Å²) in [4.78, 5) is 12.2. The molecule has 10 heteroatoms. The number of ether oxygens (including phenoxy) is 3. The van der Waals surface area contributed by atoms with Gasteiger partial charge in [-0.15, -0.1) is 0 Å². The third-order valence-electron chi connectivity index (χ3n) is 4.12. The van der Waals surface area contributed by atoms with Crippen LogP contribution in [0.4, 0.5) is 13.2 Å². The van der Waals surface area contributed by atoms with Gasteiger partial charge in [-0.2, -0.15) is 13.2 Å². The number of esters is 1. The van der Waals surface area contributed by atoms with Crippen molar-refractivity contribution in [1.82, 2.24) is 0 Å². The molecule has 0 fully saturated rings. The minimum absolute atomic E-state index is 0.0638. The number of carbonyl (C=O) groups excluding carboxylic acids is 1. The van der Waals surface area contributed by atoms with Crippen LogP contribution in [0.1, 0.15) is 27.0 Å². The lowest BCUT2D eigenvalue weighted by atomic mass is 9.94. The van der Waals surface area contributed by atoms with Crippen molar-refractivity contribution in [2.45, 2.75) is 26.1 Å².